The van der Waals surface area contributed by atoms with Crippen LogP contribution in [0, 0.1) is 0 Å². The van der Waals surface area contributed by atoms with Crippen LogP contribution in [0.4, 0.5) is 5.69 Å². The molecule has 6 nitrogen and oxygen atoms in total. The van der Waals surface area contributed by atoms with E-state index < -0.39 is 12.0 Å². The summed E-state index contributed by atoms with van der Waals surface area (Å²) in [5.74, 6) is -0.950. The van der Waals surface area contributed by atoms with E-state index in [4.69, 9.17) is 5.11 Å². The number of aliphatic carboxylic acids is 1. The first-order chi connectivity index (χ1) is 11.1. The van der Waals surface area contributed by atoms with Crippen molar-refractivity contribution in [1.82, 2.24) is 4.90 Å². The number of carbonyl (C=O) groups is 3. The van der Waals surface area contributed by atoms with E-state index in [1.807, 2.05) is 24.3 Å². The van der Waals surface area contributed by atoms with Crippen molar-refractivity contribution in [3.8, 4) is 0 Å². The molecular formula is C17H20N2O4. The van der Waals surface area contributed by atoms with Gasteiger partial charge in [0.05, 0.1) is 6.42 Å². The number of carboxylic acids is 1. The molecule has 2 fully saturated rings. The van der Waals surface area contributed by atoms with Gasteiger partial charge >= 0.3 is 5.97 Å². The first-order valence-electron chi connectivity index (χ1n) is 7.98. The van der Waals surface area contributed by atoms with E-state index in [1.54, 1.807) is 4.90 Å². The molecule has 0 bridgehead atoms. The van der Waals surface area contributed by atoms with Gasteiger partial charge in [-0.25, -0.2) is 4.79 Å². The zero-order valence-electron chi connectivity index (χ0n) is 12.9. The van der Waals surface area contributed by atoms with Crippen LogP contribution in [0.3, 0.4) is 0 Å². The molecule has 122 valence electrons. The zero-order chi connectivity index (χ0) is 16.4. The van der Waals surface area contributed by atoms with Gasteiger partial charge in [-0.2, -0.15) is 0 Å². The van der Waals surface area contributed by atoms with Crippen molar-refractivity contribution < 1.29 is 19.5 Å². The highest BCUT2D eigenvalue weighted by Gasteiger charge is 2.33. The van der Waals surface area contributed by atoms with Crippen LogP contribution in [0.5, 0.6) is 0 Å². The standard InChI is InChI=1S/C17H20N2O4/c20-15-4-2-9-18(15)13-7-5-12(6-8-13)11-16(21)19-10-1-3-14(19)17(22)23/h5-8,14H,1-4,9-11H2,(H,22,23)/t14-/m0/s1. The molecule has 6 heteroatoms. The topological polar surface area (TPSA) is 77.9 Å². The van der Waals surface area contributed by atoms with E-state index in [9.17, 15) is 14.4 Å². The van der Waals surface area contributed by atoms with Crippen molar-refractivity contribution in [2.45, 2.75) is 38.1 Å². The number of carboxylic acid groups (broad SMARTS) is 1. The minimum Gasteiger partial charge on any atom is -0.480 e. The average molecular weight is 316 g/mol. The smallest absolute Gasteiger partial charge is 0.326 e. The summed E-state index contributed by atoms with van der Waals surface area (Å²) in [6.45, 7) is 1.25. The summed E-state index contributed by atoms with van der Waals surface area (Å²) in [6, 6.07) is 6.69. The SMILES string of the molecule is O=C(O)[C@@H]1CCCN1C(=O)Cc1ccc(N2CCCC2=O)cc1. The summed E-state index contributed by atoms with van der Waals surface area (Å²) in [4.78, 5) is 38.4. The Labute approximate surface area is 134 Å². The van der Waals surface area contributed by atoms with Crippen LogP contribution in [-0.2, 0) is 20.8 Å². The summed E-state index contributed by atoms with van der Waals surface area (Å²) in [6.07, 6.45) is 2.92. The van der Waals surface area contributed by atoms with Gasteiger partial charge in [-0.1, -0.05) is 12.1 Å². The molecule has 0 unspecified atom stereocenters. The average Bonchev–Trinajstić information content (AvgIpc) is 3.17. The lowest BCUT2D eigenvalue weighted by atomic mass is 10.1. The van der Waals surface area contributed by atoms with Crippen molar-refractivity contribution in [1.29, 1.82) is 0 Å². The summed E-state index contributed by atoms with van der Waals surface area (Å²) < 4.78 is 0. The van der Waals surface area contributed by atoms with Gasteiger partial charge in [0.1, 0.15) is 6.04 Å². The van der Waals surface area contributed by atoms with Crippen molar-refractivity contribution in [2.75, 3.05) is 18.0 Å². The Hall–Kier alpha value is -2.37. The zero-order valence-corrected chi connectivity index (χ0v) is 12.9. The molecule has 2 amide bonds. The second kappa shape index (κ2) is 6.40. The number of likely N-dealkylation sites (tertiary alicyclic amines) is 1. The summed E-state index contributed by atoms with van der Waals surface area (Å²) >= 11 is 0. The Kier molecular flexibility index (Phi) is 4.32. The minimum absolute atomic E-state index is 0.134. The van der Waals surface area contributed by atoms with E-state index in [2.05, 4.69) is 0 Å². The summed E-state index contributed by atoms with van der Waals surface area (Å²) in [5, 5.41) is 9.15. The summed E-state index contributed by atoms with van der Waals surface area (Å²) in [5.41, 5.74) is 1.69. The molecule has 1 aromatic rings. The van der Waals surface area contributed by atoms with E-state index >= 15 is 0 Å². The fourth-order valence-corrected chi connectivity index (χ4v) is 3.31. The van der Waals surface area contributed by atoms with Crippen LogP contribution in [-0.4, -0.2) is 46.9 Å². The molecule has 2 saturated heterocycles. The van der Waals surface area contributed by atoms with Crippen molar-refractivity contribution in [3.63, 3.8) is 0 Å². The number of hydrogen-bond acceptors (Lipinski definition) is 3. The lowest BCUT2D eigenvalue weighted by Gasteiger charge is -2.21. The number of nitrogens with zero attached hydrogens (tertiary/aromatic N) is 2. The van der Waals surface area contributed by atoms with E-state index in [0.29, 0.717) is 19.4 Å². The Morgan fingerprint density at radius 1 is 1.13 bits per heavy atom. The third-order valence-electron chi connectivity index (χ3n) is 4.53. The number of hydrogen-bond donors (Lipinski definition) is 1. The molecule has 1 atom stereocenters. The highest BCUT2D eigenvalue weighted by molar-refractivity contribution is 5.95. The van der Waals surface area contributed by atoms with E-state index in [-0.39, 0.29) is 18.2 Å². The predicted molar refractivity (Wildman–Crippen MR) is 84.1 cm³/mol. The van der Waals surface area contributed by atoms with Gasteiger partial charge in [-0.3, -0.25) is 9.59 Å². The van der Waals surface area contributed by atoms with Crippen molar-refractivity contribution >= 4 is 23.5 Å². The quantitative estimate of drug-likeness (QED) is 0.911. The van der Waals surface area contributed by atoms with Crippen LogP contribution in [0.15, 0.2) is 24.3 Å². The highest BCUT2D eigenvalue weighted by atomic mass is 16.4. The largest absolute Gasteiger partial charge is 0.480 e. The molecule has 1 aromatic carbocycles. The molecule has 0 radical (unpaired) electrons. The van der Waals surface area contributed by atoms with Gasteiger partial charge in [-0.15, -0.1) is 0 Å². The van der Waals surface area contributed by atoms with E-state index in [1.165, 1.54) is 4.90 Å². The maximum Gasteiger partial charge on any atom is 0.326 e. The number of anilines is 1. The fraction of sp³-hybridized carbons (Fsp3) is 0.471. The number of rotatable bonds is 4. The Bertz CT molecular complexity index is 626. The number of amides is 2. The molecule has 0 aliphatic carbocycles. The maximum atomic E-state index is 12.3. The second-order valence-corrected chi connectivity index (χ2v) is 6.08. The molecular weight excluding hydrogens is 296 g/mol. The molecule has 2 aliphatic heterocycles. The van der Waals surface area contributed by atoms with Gasteiger partial charge in [0.15, 0.2) is 0 Å². The molecule has 0 saturated carbocycles. The Morgan fingerprint density at radius 3 is 2.48 bits per heavy atom. The van der Waals surface area contributed by atoms with E-state index in [0.717, 1.165) is 30.6 Å². The first kappa shape index (κ1) is 15.5. The van der Waals surface area contributed by atoms with Crippen LogP contribution in [0.2, 0.25) is 0 Å². The molecule has 3 rings (SSSR count). The van der Waals surface area contributed by atoms with Crippen molar-refractivity contribution in [2.24, 2.45) is 0 Å². The normalized spacial score (nSPS) is 21.0. The molecule has 0 spiro atoms. The number of carbonyl (C=O) groups excluding carboxylic acids is 2. The van der Waals surface area contributed by atoms with Gasteiger partial charge in [0, 0.05) is 25.2 Å². The first-order valence-corrected chi connectivity index (χ1v) is 7.98. The number of benzene rings is 1. The summed E-state index contributed by atoms with van der Waals surface area (Å²) in [7, 11) is 0. The molecule has 2 aliphatic rings. The lowest BCUT2D eigenvalue weighted by Crippen LogP contribution is -2.41. The lowest BCUT2D eigenvalue weighted by molar-refractivity contribution is -0.148. The van der Waals surface area contributed by atoms with Crippen LogP contribution < -0.4 is 4.90 Å². The van der Waals surface area contributed by atoms with Gasteiger partial charge in [0.2, 0.25) is 11.8 Å². The molecule has 2 heterocycles. The second-order valence-electron chi connectivity index (χ2n) is 6.08. The van der Waals surface area contributed by atoms with Gasteiger partial charge in [-0.05, 0) is 37.0 Å². The molecule has 23 heavy (non-hydrogen) atoms. The third kappa shape index (κ3) is 3.21. The fourth-order valence-electron chi connectivity index (χ4n) is 3.31. The Balaban J connectivity index is 1.65. The van der Waals surface area contributed by atoms with Crippen LogP contribution in [0.25, 0.3) is 0 Å². The molecule has 1 N–H and O–H groups in total. The van der Waals surface area contributed by atoms with Crippen LogP contribution >= 0.6 is 0 Å². The highest BCUT2D eigenvalue weighted by Crippen LogP contribution is 2.23. The Morgan fingerprint density at radius 2 is 1.87 bits per heavy atom. The maximum absolute atomic E-state index is 12.3. The van der Waals surface area contributed by atoms with Crippen molar-refractivity contribution in [3.05, 3.63) is 29.8 Å². The predicted octanol–water partition coefficient (Wildman–Crippen LogP) is 1.43. The molecule has 0 aromatic heterocycles. The van der Waals surface area contributed by atoms with Gasteiger partial charge < -0.3 is 14.9 Å². The minimum atomic E-state index is -0.932. The monoisotopic (exact) mass is 316 g/mol. The third-order valence-corrected chi connectivity index (χ3v) is 4.53. The van der Waals surface area contributed by atoms with Crippen LogP contribution in [0.1, 0.15) is 31.2 Å². The van der Waals surface area contributed by atoms with Gasteiger partial charge in [0.25, 0.3) is 0 Å².